The Morgan fingerprint density at radius 3 is 1.65 bits per heavy atom. The SMILES string of the molecule is COC(=O)N[C@H](C(=O)N1CCC[C@H]1C(=O)Nc1ccc(-c2[nH]c3ccc(NC(=O)[C@@H]4CCCN4C(=O)[C@@H](NC(=O)OC)C(C)C)cc3c2F)cc1)C(C)C. The lowest BCUT2D eigenvalue weighted by Crippen LogP contribution is -2.54. The number of nitrogens with zero attached hydrogens (tertiary/aromatic N) is 2. The molecule has 0 saturated carbocycles. The second kappa shape index (κ2) is 17.0. The lowest BCUT2D eigenvalue weighted by atomic mass is 10.0. The number of fused-ring (bicyclic) bond motifs is 1. The lowest BCUT2D eigenvalue weighted by molar-refractivity contribution is -0.139. The zero-order chi connectivity index (χ0) is 39.3. The number of halogens is 1. The molecule has 6 amide bonds. The van der Waals surface area contributed by atoms with Crippen LogP contribution < -0.4 is 21.3 Å². The van der Waals surface area contributed by atoms with E-state index in [0.717, 1.165) is 0 Å². The van der Waals surface area contributed by atoms with Gasteiger partial charge in [-0.2, -0.15) is 0 Å². The van der Waals surface area contributed by atoms with Gasteiger partial charge in [0.15, 0.2) is 5.82 Å². The fourth-order valence-electron chi connectivity index (χ4n) is 6.97. The number of hydrogen-bond donors (Lipinski definition) is 5. The van der Waals surface area contributed by atoms with Gasteiger partial charge < -0.3 is 45.5 Å². The van der Waals surface area contributed by atoms with Crippen LogP contribution in [0.5, 0.6) is 0 Å². The van der Waals surface area contributed by atoms with Crippen LogP contribution in [0, 0.1) is 17.7 Å². The molecule has 2 fully saturated rings. The summed E-state index contributed by atoms with van der Waals surface area (Å²) in [5.41, 5.74) is 2.03. The second-order valence-electron chi connectivity index (χ2n) is 14.2. The molecule has 0 spiro atoms. The highest BCUT2D eigenvalue weighted by atomic mass is 19.1. The number of aromatic nitrogens is 1. The fourth-order valence-corrected chi connectivity index (χ4v) is 6.97. The van der Waals surface area contributed by atoms with Gasteiger partial charge in [-0.15, -0.1) is 0 Å². The van der Waals surface area contributed by atoms with Gasteiger partial charge in [0.25, 0.3) is 0 Å². The van der Waals surface area contributed by atoms with Crippen molar-refractivity contribution in [2.24, 2.45) is 11.8 Å². The number of carbonyl (C=O) groups is 6. The van der Waals surface area contributed by atoms with E-state index in [-0.39, 0.29) is 40.6 Å². The Labute approximate surface area is 312 Å². The van der Waals surface area contributed by atoms with Gasteiger partial charge in [0, 0.05) is 40.9 Å². The molecule has 0 unspecified atom stereocenters. The molecule has 16 heteroatoms. The van der Waals surface area contributed by atoms with E-state index in [1.165, 1.54) is 30.1 Å². The zero-order valence-corrected chi connectivity index (χ0v) is 31.3. The van der Waals surface area contributed by atoms with Crippen LogP contribution in [0.25, 0.3) is 22.2 Å². The molecule has 2 aliphatic rings. The number of methoxy groups -OCH3 is 2. The molecule has 2 aromatic carbocycles. The van der Waals surface area contributed by atoms with E-state index in [1.54, 1.807) is 64.1 Å². The summed E-state index contributed by atoms with van der Waals surface area (Å²) in [5, 5.41) is 11.0. The number of carbonyl (C=O) groups excluding carboxylic acids is 6. The molecule has 0 aliphatic carbocycles. The molecular formula is C38H48FN7O8. The van der Waals surface area contributed by atoms with Crippen molar-refractivity contribution in [1.82, 2.24) is 25.4 Å². The summed E-state index contributed by atoms with van der Waals surface area (Å²) in [4.78, 5) is 83.2. The minimum absolute atomic E-state index is 0.210. The predicted octanol–water partition coefficient (Wildman–Crippen LogP) is 4.59. The van der Waals surface area contributed by atoms with Gasteiger partial charge in [0.1, 0.15) is 24.2 Å². The summed E-state index contributed by atoms with van der Waals surface area (Å²) in [6.07, 6.45) is 0.676. The van der Waals surface area contributed by atoms with Crippen molar-refractivity contribution >= 4 is 58.1 Å². The summed E-state index contributed by atoms with van der Waals surface area (Å²) >= 11 is 0. The number of likely N-dealkylation sites (tertiary alicyclic amines) is 2. The van der Waals surface area contributed by atoms with Crippen LogP contribution in [0.4, 0.5) is 25.4 Å². The van der Waals surface area contributed by atoms with Crippen LogP contribution in [0.1, 0.15) is 53.4 Å². The minimum Gasteiger partial charge on any atom is -0.453 e. The predicted molar refractivity (Wildman–Crippen MR) is 199 cm³/mol. The van der Waals surface area contributed by atoms with Crippen molar-refractivity contribution in [3.05, 3.63) is 48.3 Å². The molecule has 3 aromatic rings. The number of hydrogen-bond acceptors (Lipinski definition) is 8. The first kappa shape index (κ1) is 39.5. The van der Waals surface area contributed by atoms with E-state index in [1.807, 2.05) is 0 Å². The van der Waals surface area contributed by atoms with E-state index in [0.29, 0.717) is 61.2 Å². The highest BCUT2D eigenvalue weighted by molar-refractivity contribution is 6.01. The van der Waals surface area contributed by atoms with Gasteiger partial charge >= 0.3 is 12.2 Å². The highest BCUT2D eigenvalue weighted by Crippen LogP contribution is 2.32. The number of anilines is 2. The Hall–Kier alpha value is -5.67. The maximum absolute atomic E-state index is 15.9. The van der Waals surface area contributed by atoms with Crippen LogP contribution in [0.15, 0.2) is 42.5 Å². The molecule has 290 valence electrons. The van der Waals surface area contributed by atoms with Crippen LogP contribution in [0.2, 0.25) is 0 Å². The quantitative estimate of drug-likeness (QED) is 0.188. The van der Waals surface area contributed by atoms with E-state index < -0.39 is 48.1 Å². The van der Waals surface area contributed by atoms with Gasteiger partial charge in [0.2, 0.25) is 23.6 Å². The van der Waals surface area contributed by atoms with Crippen LogP contribution in [-0.2, 0) is 28.7 Å². The average Bonchev–Trinajstić information content (AvgIpc) is 3.92. The molecule has 1 aromatic heterocycles. The first-order chi connectivity index (χ1) is 25.7. The van der Waals surface area contributed by atoms with Crippen molar-refractivity contribution in [1.29, 1.82) is 0 Å². The van der Waals surface area contributed by atoms with Crippen molar-refractivity contribution < 1.29 is 42.6 Å². The number of rotatable bonds is 11. The molecule has 4 atom stereocenters. The number of nitrogens with one attached hydrogen (secondary N) is 5. The average molecular weight is 750 g/mol. The smallest absolute Gasteiger partial charge is 0.407 e. The van der Waals surface area contributed by atoms with Crippen molar-refractivity contribution in [2.45, 2.75) is 77.5 Å². The molecule has 2 aliphatic heterocycles. The number of ether oxygens (including phenoxy) is 2. The summed E-state index contributed by atoms with van der Waals surface area (Å²) in [6.45, 7) is 7.91. The Morgan fingerprint density at radius 1 is 0.722 bits per heavy atom. The van der Waals surface area contributed by atoms with Crippen molar-refractivity contribution in [3.8, 4) is 11.3 Å². The molecule has 54 heavy (non-hydrogen) atoms. The third-order valence-electron chi connectivity index (χ3n) is 9.90. The minimum atomic E-state index is -0.867. The van der Waals surface area contributed by atoms with Crippen LogP contribution >= 0.6 is 0 Å². The number of benzene rings is 2. The molecular weight excluding hydrogens is 701 g/mol. The topological polar surface area (TPSA) is 191 Å². The van der Waals surface area contributed by atoms with Crippen molar-refractivity contribution in [2.75, 3.05) is 37.9 Å². The Balaban J connectivity index is 1.25. The van der Waals surface area contributed by atoms with Gasteiger partial charge in [-0.3, -0.25) is 19.2 Å². The Kier molecular flexibility index (Phi) is 12.4. The Bertz CT molecular complexity index is 1900. The summed E-state index contributed by atoms with van der Waals surface area (Å²) < 4.78 is 25.2. The molecule has 15 nitrogen and oxygen atoms in total. The Morgan fingerprint density at radius 2 is 1.19 bits per heavy atom. The molecule has 2 saturated heterocycles. The fraction of sp³-hybridized carbons (Fsp3) is 0.474. The molecule has 5 rings (SSSR count). The third kappa shape index (κ3) is 8.58. The first-order valence-electron chi connectivity index (χ1n) is 18.1. The maximum atomic E-state index is 15.9. The third-order valence-corrected chi connectivity index (χ3v) is 9.90. The second-order valence-corrected chi connectivity index (χ2v) is 14.2. The molecule has 5 N–H and O–H groups in total. The first-order valence-corrected chi connectivity index (χ1v) is 18.1. The number of amides is 6. The standard InChI is InChI=1S/C38H48FN7O8/c1-20(2)30(43-37(51)53-5)35(49)45-17-7-9-27(45)33(47)40-23-13-11-22(12-14-23)32-29(39)25-19-24(15-16-26(25)42-32)41-34(48)28-10-8-18-46(28)36(50)31(21(3)4)44-38(52)54-6/h11-16,19-21,27-28,30-31,42H,7-10,17-18H2,1-6H3,(H,40,47)(H,41,48)(H,43,51)(H,44,52)/t27-,28-,30-,31-/m0/s1. The van der Waals surface area contributed by atoms with Gasteiger partial charge in [0.05, 0.1) is 19.9 Å². The van der Waals surface area contributed by atoms with Gasteiger partial charge in [-0.05, 0) is 67.9 Å². The summed E-state index contributed by atoms with van der Waals surface area (Å²) in [5.74, 6) is -2.54. The number of aromatic amines is 1. The van der Waals surface area contributed by atoms with Gasteiger partial charge in [-0.25, -0.2) is 14.0 Å². The summed E-state index contributed by atoms with van der Waals surface area (Å²) in [7, 11) is 2.43. The maximum Gasteiger partial charge on any atom is 0.407 e. The molecule has 0 radical (unpaired) electrons. The number of H-pyrrole nitrogens is 1. The molecule has 0 bridgehead atoms. The molecule has 3 heterocycles. The van der Waals surface area contributed by atoms with E-state index in [9.17, 15) is 28.8 Å². The van der Waals surface area contributed by atoms with Crippen molar-refractivity contribution in [3.63, 3.8) is 0 Å². The van der Waals surface area contributed by atoms with Crippen LogP contribution in [0.3, 0.4) is 0 Å². The zero-order valence-electron chi connectivity index (χ0n) is 31.3. The van der Waals surface area contributed by atoms with E-state index >= 15 is 4.39 Å². The number of alkyl carbamates (subject to hydrolysis) is 2. The van der Waals surface area contributed by atoms with Crippen LogP contribution in [-0.4, -0.2) is 102 Å². The van der Waals surface area contributed by atoms with E-state index in [2.05, 4.69) is 35.7 Å². The lowest BCUT2D eigenvalue weighted by Gasteiger charge is -2.30. The van der Waals surface area contributed by atoms with Gasteiger partial charge in [-0.1, -0.05) is 39.8 Å². The highest BCUT2D eigenvalue weighted by Gasteiger charge is 2.40. The summed E-state index contributed by atoms with van der Waals surface area (Å²) in [6, 6.07) is 8.20. The largest absolute Gasteiger partial charge is 0.453 e. The normalized spacial score (nSPS) is 18.0. The van der Waals surface area contributed by atoms with E-state index in [4.69, 9.17) is 0 Å². The monoisotopic (exact) mass is 749 g/mol.